The molecular weight excluding hydrogens is 299 g/mol. The number of phenolic OH excluding ortho intramolecular Hbond substituents is 1. The predicted octanol–water partition coefficient (Wildman–Crippen LogP) is 3.06. The Morgan fingerprint density at radius 3 is 2.48 bits per heavy atom. The minimum absolute atomic E-state index is 0.0337. The van der Waals surface area contributed by atoms with Crippen molar-refractivity contribution in [1.82, 2.24) is 0 Å². The fraction of sp³-hybridized carbons (Fsp3) is 0.308. The summed E-state index contributed by atoms with van der Waals surface area (Å²) in [6, 6.07) is 5.61. The summed E-state index contributed by atoms with van der Waals surface area (Å²) in [5.74, 6) is -0.313. The van der Waals surface area contributed by atoms with E-state index < -0.39 is 13.4 Å². The maximum Gasteiger partial charge on any atom is 0.530 e. The molecule has 0 saturated carbocycles. The van der Waals surface area contributed by atoms with Gasteiger partial charge in [0.2, 0.25) is 5.75 Å². The lowest BCUT2D eigenvalue weighted by Gasteiger charge is -2.16. The third-order valence-corrected chi connectivity index (χ3v) is 4.04. The van der Waals surface area contributed by atoms with Gasteiger partial charge in [-0.05, 0) is 32.0 Å². The minimum Gasteiger partial charge on any atom is -0.508 e. The molecule has 0 aliphatic heterocycles. The van der Waals surface area contributed by atoms with Crippen molar-refractivity contribution in [2.45, 2.75) is 13.8 Å². The van der Waals surface area contributed by atoms with Gasteiger partial charge in [-0.25, -0.2) is 9.36 Å². The van der Waals surface area contributed by atoms with Crippen molar-refractivity contribution >= 4 is 18.8 Å². The molecule has 1 aromatic heterocycles. The molecule has 7 nitrogen and oxygen atoms in total. The molecule has 0 radical (unpaired) electrons. The smallest absolute Gasteiger partial charge is 0.508 e. The third kappa shape index (κ3) is 3.64. The van der Waals surface area contributed by atoms with Gasteiger partial charge < -0.3 is 14.0 Å². The topological polar surface area (TPSA) is 95.2 Å². The number of aromatic hydroxyl groups is 1. The molecule has 8 heteroatoms. The fourth-order valence-corrected chi connectivity index (χ4v) is 2.85. The van der Waals surface area contributed by atoms with Crippen molar-refractivity contribution in [3.05, 3.63) is 34.7 Å². The lowest BCUT2D eigenvalue weighted by molar-refractivity contribution is 0.166. The summed E-state index contributed by atoms with van der Waals surface area (Å²) in [5, 5.41) is 9.84. The van der Waals surface area contributed by atoms with Gasteiger partial charge in [-0.3, -0.25) is 9.05 Å². The van der Waals surface area contributed by atoms with Crippen molar-refractivity contribution < 1.29 is 27.7 Å². The number of benzene rings is 1. The first-order valence-electron chi connectivity index (χ1n) is 6.33. The van der Waals surface area contributed by atoms with Gasteiger partial charge in [-0.15, -0.1) is 0 Å². The van der Waals surface area contributed by atoms with Gasteiger partial charge in [0.25, 0.3) is 0 Å². The molecule has 0 fully saturated rings. The van der Waals surface area contributed by atoms with E-state index in [1.807, 2.05) is 0 Å². The molecule has 0 saturated heterocycles. The van der Waals surface area contributed by atoms with E-state index in [0.717, 1.165) is 0 Å². The van der Waals surface area contributed by atoms with Crippen LogP contribution >= 0.6 is 7.82 Å². The predicted molar refractivity (Wildman–Crippen MR) is 75.6 cm³/mol. The van der Waals surface area contributed by atoms with Gasteiger partial charge in [0, 0.05) is 11.5 Å². The van der Waals surface area contributed by atoms with Crippen LogP contribution in [0.5, 0.6) is 11.5 Å². The van der Waals surface area contributed by atoms with Gasteiger partial charge in [0.05, 0.1) is 13.2 Å². The third-order valence-electron chi connectivity index (χ3n) is 2.47. The SMILES string of the molecule is CCOP(=O)(OCC)Oc1cc2ccc(O)cc2oc1=O. The summed E-state index contributed by atoms with van der Waals surface area (Å²) in [6.07, 6.45) is 0. The number of hydrogen-bond acceptors (Lipinski definition) is 7. The molecule has 0 aliphatic carbocycles. The zero-order valence-corrected chi connectivity index (χ0v) is 12.5. The Labute approximate surface area is 120 Å². The lowest BCUT2D eigenvalue weighted by Crippen LogP contribution is -2.09. The van der Waals surface area contributed by atoms with E-state index in [1.165, 1.54) is 24.3 Å². The first kappa shape index (κ1) is 15.6. The van der Waals surface area contributed by atoms with E-state index in [0.29, 0.717) is 5.39 Å². The Morgan fingerprint density at radius 2 is 1.86 bits per heavy atom. The van der Waals surface area contributed by atoms with E-state index in [1.54, 1.807) is 13.8 Å². The normalized spacial score (nSPS) is 11.7. The molecule has 2 rings (SSSR count). The van der Waals surface area contributed by atoms with Crippen LogP contribution in [0.4, 0.5) is 0 Å². The Hall–Kier alpha value is -1.82. The first-order valence-corrected chi connectivity index (χ1v) is 7.79. The van der Waals surface area contributed by atoms with Crippen LogP contribution in [0.15, 0.2) is 33.5 Å². The Morgan fingerprint density at radius 1 is 1.19 bits per heavy atom. The molecule has 1 aromatic carbocycles. The monoisotopic (exact) mass is 314 g/mol. The number of hydrogen-bond donors (Lipinski definition) is 1. The van der Waals surface area contributed by atoms with Crippen LogP contribution in [0.2, 0.25) is 0 Å². The highest BCUT2D eigenvalue weighted by Gasteiger charge is 2.29. The van der Waals surface area contributed by atoms with Crippen LogP contribution < -0.4 is 10.1 Å². The van der Waals surface area contributed by atoms with Gasteiger partial charge in [-0.2, -0.15) is 0 Å². The molecular formula is C13H15O7P. The Bertz CT molecular complexity index is 727. The van der Waals surface area contributed by atoms with Crippen molar-refractivity contribution in [3.8, 4) is 11.5 Å². The minimum atomic E-state index is -3.87. The molecule has 0 unspecified atom stereocenters. The molecule has 21 heavy (non-hydrogen) atoms. The molecule has 0 atom stereocenters. The standard InChI is InChI=1S/C13H15O7P/c1-3-17-21(16,18-4-2)20-12-7-9-5-6-10(14)8-11(9)19-13(12)15/h5-8,14H,3-4H2,1-2H3. The zero-order chi connectivity index (χ0) is 15.5. The number of phosphoric ester groups is 1. The average molecular weight is 314 g/mol. The maximum atomic E-state index is 12.2. The molecule has 0 bridgehead atoms. The van der Waals surface area contributed by atoms with Crippen LogP contribution in [0.1, 0.15) is 13.8 Å². The molecule has 0 aliphatic rings. The fourth-order valence-electron chi connectivity index (χ4n) is 1.67. The van der Waals surface area contributed by atoms with Crippen LogP contribution in [-0.2, 0) is 13.6 Å². The molecule has 2 aromatic rings. The molecule has 0 spiro atoms. The van der Waals surface area contributed by atoms with Crippen LogP contribution in [0, 0.1) is 0 Å². The average Bonchev–Trinajstić information content (AvgIpc) is 2.40. The van der Waals surface area contributed by atoms with Crippen molar-refractivity contribution in [2.75, 3.05) is 13.2 Å². The van der Waals surface area contributed by atoms with Crippen LogP contribution in [0.3, 0.4) is 0 Å². The van der Waals surface area contributed by atoms with Crippen molar-refractivity contribution in [2.24, 2.45) is 0 Å². The molecule has 114 valence electrons. The summed E-state index contributed by atoms with van der Waals surface area (Å²) in [5.41, 5.74) is -0.650. The second-order valence-corrected chi connectivity index (χ2v) is 5.59. The van der Waals surface area contributed by atoms with Crippen LogP contribution in [0.25, 0.3) is 11.0 Å². The summed E-state index contributed by atoms with van der Waals surface area (Å²) >= 11 is 0. The highest BCUT2D eigenvalue weighted by Crippen LogP contribution is 2.48. The van der Waals surface area contributed by atoms with Crippen LogP contribution in [-0.4, -0.2) is 18.3 Å². The summed E-state index contributed by atoms with van der Waals surface area (Å²) in [4.78, 5) is 11.8. The summed E-state index contributed by atoms with van der Waals surface area (Å²) in [7, 11) is -3.87. The highest BCUT2D eigenvalue weighted by molar-refractivity contribution is 7.48. The number of phosphoric acid groups is 1. The van der Waals surface area contributed by atoms with Crippen molar-refractivity contribution in [1.29, 1.82) is 0 Å². The Kier molecular flexibility index (Phi) is 4.67. The molecule has 0 amide bonds. The van der Waals surface area contributed by atoms with Gasteiger partial charge in [-0.1, -0.05) is 0 Å². The van der Waals surface area contributed by atoms with E-state index in [4.69, 9.17) is 18.0 Å². The number of rotatable bonds is 6. The van der Waals surface area contributed by atoms with E-state index in [9.17, 15) is 14.5 Å². The second-order valence-electron chi connectivity index (χ2n) is 3.99. The Balaban J connectivity index is 2.42. The summed E-state index contributed by atoms with van der Waals surface area (Å²) in [6.45, 7) is 3.45. The van der Waals surface area contributed by atoms with E-state index in [-0.39, 0.29) is 30.3 Å². The van der Waals surface area contributed by atoms with Gasteiger partial charge in [0.1, 0.15) is 11.3 Å². The first-order chi connectivity index (χ1) is 9.97. The molecule has 1 heterocycles. The maximum absolute atomic E-state index is 12.2. The molecule has 1 N–H and O–H groups in total. The highest BCUT2D eigenvalue weighted by atomic mass is 31.2. The number of fused-ring (bicyclic) bond motifs is 1. The quantitative estimate of drug-likeness (QED) is 0.646. The van der Waals surface area contributed by atoms with E-state index >= 15 is 0 Å². The van der Waals surface area contributed by atoms with Crippen molar-refractivity contribution in [3.63, 3.8) is 0 Å². The zero-order valence-electron chi connectivity index (χ0n) is 11.6. The second kappa shape index (κ2) is 6.30. The van der Waals surface area contributed by atoms with E-state index in [2.05, 4.69) is 0 Å². The largest absolute Gasteiger partial charge is 0.530 e. The van der Waals surface area contributed by atoms with Gasteiger partial charge >= 0.3 is 13.4 Å². The van der Waals surface area contributed by atoms with Gasteiger partial charge in [0.15, 0.2) is 0 Å². The summed E-state index contributed by atoms with van der Waals surface area (Å²) < 4.78 is 32.2. The number of phenols is 1. The lowest BCUT2D eigenvalue weighted by atomic mass is 10.2.